The number of nitrogens with one attached hydrogen (secondary N) is 2. The fourth-order valence-electron chi connectivity index (χ4n) is 2.25. The average Bonchev–Trinajstić information content (AvgIpc) is 2.42. The van der Waals surface area contributed by atoms with Crippen LogP contribution in [-0.2, 0) is 4.79 Å². The number of amides is 1. The van der Waals surface area contributed by atoms with Crippen molar-refractivity contribution in [1.82, 2.24) is 10.3 Å². The first-order valence-electron chi connectivity index (χ1n) is 6.80. The van der Waals surface area contributed by atoms with Gasteiger partial charge < -0.3 is 15.4 Å². The van der Waals surface area contributed by atoms with Crippen LogP contribution in [0, 0.1) is 0 Å². The van der Waals surface area contributed by atoms with Gasteiger partial charge in [0.1, 0.15) is 5.69 Å². The number of pyridine rings is 1. The van der Waals surface area contributed by atoms with Gasteiger partial charge in [-0.15, -0.1) is 0 Å². The van der Waals surface area contributed by atoms with E-state index in [9.17, 15) is 4.79 Å². The molecule has 5 nitrogen and oxygen atoms in total. The summed E-state index contributed by atoms with van der Waals surface area (Å²) in [5.74, 6) is 0.443. The van der Waals surface area contributed by atoms with Crippen LogP contribution in [0.25, 0.3) is 0 Å². The molecule has 104 valence electrons. The highest BCUT2D eigenvalue weighted by Crippen LogP contribution is 2.24. The predicted octanol–water partition coefficient (Wildman–Crippen LogP) is 1.95. The Bertz CT molecular complexity index is 442. The first-order chi connectivity index (χ1) is 9.15. The Morgan fingerprint density at radius 3 is 3.11 bits per heavy atom. The summed E-state index contributed by atoms with van der Waals surface area (Å²) >= 11 is 0. The van der Waals surface area contributed by atoms with Crippen molar-refractivity contribution in [3.05, 3.63) is 18.3 Å². The highest BCUT2D eigenvalue weighted by atomic mass is 16.5. The Labute approximate surface area is 113 Å². The molecule has 1 atom stereocenters. The molecule has 1 aliphatic rings. The summed E-state index contributed by atoms with van der Waals surface area (Å²) in [6.45, 7) is 5.24. The molecule has 1 aliphatic heterocycles. The topological polar surface area (TPSA) is 63.2 Å². The Morgan fingerprint density at radius 1 is 1.58 bits per heavy atom. The molecule has 1 aromatic heterocycles. The summed E-state index contributed by atoms with van der Waals surface area (Å²) in [5.41, 5.74) is 0.125. The van der Waals surface area contributed by atoms with E-state index in [1.54, 1.807) is 12.3 Å². The zero-order chi connectivity index (χ0) is 13.7. The summed E-state index contributed by atoms with van der Waals surface area (Å²) < 4.78 is 5.41. The molecule has 19 heavy (non-hydrogen) atoms. The molecule has 0 aromatic carbocycles. The zero-order valence-electron chi connectivity index (χ0n) is 11.5. The lowest BCUT2D eigenvalue weighted by Crippen LogP contribution is -2.54. The van der Waals surface area contributed by atoms with Crippen molar-refractivity contribution in [2.75, 3.05) is 18.5 Å². The second-order valence-electron chi connectivity index (χ2n) is 4.96. The summed E-state index contributed by atoms with van der Waals surface area (Å²) in [5, 5.41) is 6.21. The van der Waals surface area contributed by atoms with E-state index in [1.807, 2.05) is 19.9 Å². The van der Waals surface area contributed by atoms with Gasteiger partial charge in [0.15, 0.2) is 0 Å². The maximum absolute atomic E-state index is 12.4. The van der Waals surface area contributed by atoms with Gasteiger partial charge in [-0.1, -0.05) is 0 Å². The Hall–Kier alpha value is -1.62. The number of rotatable bonds is 4. The molecule has 2 heterocycles. The third kappa shape index (κ3) is 3.23. The van der Waals surface area contributed by atoms with Crippen LogP contribution in [0.5, 0.6) is 5.88 Å². The standard InChI is InChI=1S/C14H21N3O2/c1-3-19-12-11(7-6-9-15-12)17-13(18)14(2)8-4-5-10-16-14/h6-7,9,16H,3-5,8,10H2,1-2H3,(H,17,18). The maximum Gasteiger partial charge on any atom is 0.244 e. The minimum Gasteiger partial charge on any atom is -0.476 e. The maximum atomic E-state index is 12.4. The van der Waals surface area contributed by atoms with Crippen molar-refractivity contribution in [3.63, 3.8) is 0 Å². The number of hydrogen-bond donors (Lipinski definition) is 2. The lowest BCUT2D eigenvalue weighted by molar-refractivity contribution is -0.122. The van der Waals surface area contributed by atoms with Crippen molar-refractivity contribution in [1.29, 1.82) is 0 Å². The first-order valence-corrected chi connectivity index (χ1v) is 6.80. The number of piperidine rings is 1. The quantitative estimate of drug-likeness (QED) is 0.871. The molecule has 0 spiro atoms. The monoisotopic (exact) mass is 263 g/mol. The van der Waals surface area contributed by atoms with Crippen molar-refractivity contribution in [2.45, 2.75) is 38.6 Å². The van der Waals surface area contributed by atoms with Gasteiger partial charge in [0.2, 0.25) is 11.8 Å². The molecule has 0 radical (unpaired) electrons. The Kier molecular flexibility index (Phi) is 4.37. The molecular weight excluding hydrogens is 242 g/mol. The molecule has 2 N–H and O–H groups in total. The van der Waals surface area contributed by atoms with Crippen LogP contribution >= 0.6 is 0 Å². The molecule has 0 bridgehead atoms. The van der Waals surface area contributed by atoms with Crippen LogP contribution < -0.4 is 15.4 Å². The number of hydrogen-bond acceptors (Lipinski definition) is 4. The van der Waals surface area contributed by atoms with Crippen LogP contribution in [0.3, 0.4) is 0 Å². The van der Waals surface area contributed by atoms with Crippen molar-refractivity contribution in [3.8, 4) is 5.88 Å². The summed E-state index contributed by atoms with van der Waals surface area (Å²) in [6.07, 6.45) is 4.70. The average molecular weight is 263 g/mol. The first kappa shape index (κ1) is 13.8. The van der Waals surface area contributed by atoms with E-state index >= 15 is 0 Å². The third-order valence-corrected chi connectivity index (χ3v) is 3.42. The highest BCUT2D eigenvalue weighted by Gasteiger charge is 2.34. The van der Waals surface area contributed by atoms with Gasteiger partial charge >= 0.3 is 0 Å². The number of anilines is 1. The molecule has 2 rings (SSSR count). The summed E-state index contributed by atoms with van der Waals surface area (Å²) in [6, 6.07) is 3.59. The van der Waals surface area contributed by atoms with Gasteiger partial charge in [-0.2, -0.15) is 0 Å². The molecule has 1 unspecified atom stereocenters. The van der Waals surface area contributed by atoms with E-state index < -0.39 is 5.54 Å². The van der Waals surface area contributed by atoms with Gasteiger partial charge in [-0.25, -0.2) is 4.98 Å². The summed E-state index contributed by atoms with van der Waals surface area (Å²) in [4.78, 5) is 16.5. The number of aromatic nitrogens is 1. The van der Waals surface area contributed by atoms with Crippen LogP contribution in [0.1, 0.15) is 33.1 Å². The number of nitrogens with zero attached hydrogens (tertiary/aromatic N) is 1. The van der Waals surface area contributed by atoms with Gasteiger partial charge in [-0.05, 0) is 51.8 Å². The normalized spacial score (nSPS) is 22.8. The lowest BCUT2D eigenvalue weighted by Gasteiger charge is -2.33. The SMILES string of the molecule is CCOc1ncccc1NC(=O)C1(C)CCCCN1. The van der Waals surface area contributed by atoms with Crippen molar-refractivity contribution >= 4 is 11.6 Å². The summed E-state index contributed by atoms with van der Waals surface area (Å²) in [7, 11) is 0. The Balaban J connectivity index is 2.10. The van der Waals surface area contributed by atoms with Gasteiger partial charge in [0.25, 0.3) is 0 Å². The molecule has 1 saturated heterocycles. The van der Waals surface area contributed by atoms with Gasteiger partial charge in [0, 0.05) is 6.20 Å². The second-order valence-corrected chi connectivity index (χ2v) is 4.96. The van der Waals surface area contributed by atoms with Crippen LogP contribution in [0.15, 0.2) is 18.3 Å². The second kappa shape index (κ2) is 6.02. The predicted molar refractivity (Wildman–Crippen MR) is 74.3 cm³/mol. The fourth-order valence-corrected chi connectivity index (χ4v) is 2.25. The third-order valence-electron chi connectivity index (χ3n) is 3.42. The molecule has 0 saturated carbocycles. The van der Waals surface area contributed by atoms with Crippen LogP contribution in [0.2, 0.25) is 0 Å². The van der Waals surface area contributed by atoms with E-state index in [2.05, 4.69) is 15.6 Å². The van der Waals surface area contributed by atoms with Gasteiger partial charge in [-0.3, -0.25) is 4.79 Å². The molecule has 0 aliphatic carbocycles. The fraction of sp³-hybridized carbons (Fsp3) is 0.571. The van der Waals surface area contributed by atoms with Crippen LogP contribution in [0.4, 0.5) is 5.69 Å². The van der Waals surface area contributed by atoms with Crippen LogP contribution in [-0.4, -0.2) is 29.6 Å². The molecule has 1 aromatic rings. The van der Waals surface area contributed by atoms with Crippen molar-refractivity contribution < 1.29 is 9.53 Å². The van der Waals surface area contributed by atoms with E-state index in [1.165, 1.54) is 0 Å². The van der Waals surface area contributed by atoms with Crippen molar-refractivity contribution in [2.24, 2.45) is 0 Å². The number of carbonyl (C=O) groups excluding carboxylic acids is 1. The highest BCUT2D eigenvalue weighted by molar-refractivity contribution is 5.98. The van der Waals surface area contributed by atoms with E-state index in [-0.39, 0.29) is 5.91 Å². The van der Waals surface area contributed by atoms with E-state index in [0.717, 1.165) is 25.8 Å². The largest absolute Gasteiger partial charge is 0.476 e. The minimum atomic E-state index is -0.502. The van der Waals surface area contributed by atoms with E-state index in [0.29, 0.717) is 18.2 Å². The molecular formula is C14H21N3O2. The molecule has 1 amide bonds. The molecule has 5 heteroatoms. The smallest absolute Gasteiger partial charge is 0.244 e. The number of carbonyl (C=O) groups is 1. The minimum absolute atomic E-state index is 0.0267. The van der Waals surface area contributed by atoms with Gasteiger partial charge in [0.05, 0.1) is 12.1 Å². The Morgan fingerprint density at radius 2 is 2.42 bits per heavy atom. The van der Waals surface area contributed by atoms with E-state index in [4.69, 9.17) is 4.74 Å². The molecule has 1 fully saturated rings. The number of ether oxygens (including phenoxy) is 1. The zero-order valence-corrected chi connectivity index (χ0v) is 11.5. The lowest BCUT2D eigenvalue weighted by atomic mass is 9.90.